The molecule has 0 unspecified atom stereocenters. The lowest BCUT2D eigenvalue weighted by Crippen LogP contribution is -1.97. The molecule has 0 saturated heterocycles. The van der Waals surface area contributed by atoms with E-state index in [2.05, 4.69) is 0 Å². The lowest BCUT2D eigenvalue weighted by Gasteiger charge is -1.94. The first-order valence-corrected chi connectivity index (χ1v) is 3.83. The Bertz CT molecular complexity index is 473. The van der Waals surface area contributed by atoms with Gasteiger partial charge in [0.1, 0.15) is 0 Å². The van der Waals surface area contributed by atoms with Crippen molar-refractivity contribution in [2.24, 2.45) is 0 Å². The Labute approximate surface area is 73.4 Å². The Balaban J connectivity index is 2.99. The third kappa shape index (κ3) is 1.10. The van der Waals surface area contributed by atoms with Crippen LogP contribution >= 0.6 is 11.6 Å². The lowest BCUT2D eigenvalue weighted by atomic mass is 10.2. The van der Waals surface area contributed by atoms with Crippen molar-refractivity contribution in [1.29, 1.82) is 0 Å². The molecule has 0 saturated carbocycles. The summed E-state index contributed by atoms with van der Waals surface area (Å²) in [5.74, 6) is 0. The Morgan fingerprint density at radius 1 is 1.25 bits per heavy atom. The summed E-state index contributed by atoms with van der Waals surface area (Å²) in [4.78, 5) is 11.1. The molecule has 0 atom stereocenters. The third-order valence-corrected chi connectivity index (χ3v) is 1.83. The van der Waals surface area contributed by atoms with E-state index in [0.29, 0.717) is 5.39 Å². The molecule has 0 bridgehead atoms. The van der Waals surface area contributed by atoms with E-state index in [-0.39, 0.29) is 5.22 Å². The minimum Gasteiger partial charge on any atom is -0.410 e. The zero-order valence-corrected chi connectivity index (χ0v) is 6.84. The minimum absolute atomic E-state index is 0.124. The van der Waals surface area contributed by atoms with Crippen molar-refractivity contribution in [3.05, 3.63) is 46.0 Å². The second kappa shape index (κ2) is 2.64. The molecular weight excluding hydrogens is 176 g/mol. The molecule has 2 nitrogen and oxygen atoms in total. The van der Waals surface area contributed by atoms with Crippen LogP contribution in [-0.2, 0) is 0 Å². The SMILES string of the molecule is O=c1oc(Cl)cc2ccccc12. The van der Waals surface area contributed by atoms with Gasteiger partial charge in [0.25, 0.3) is 0 Å². The molecule has 0 amide bonds. The summed E-state index contributed by atoms with van der Waals surface area (Å²) < 4.78 is 4.70. The highest BCUT2D eigenvalue weighted by Gasteiger charge is 2.00. The van der Waals surface area contributed by atoms with Gasteiger partial charge in [0.2, 0.25) is 0 Å². The summed E-state index contributed by atoms with van der Waals surface area (Å²) in [6.07, 6.45) is 0. The van der Waals surface area contributed by atoms with Crippen LogP contribution in [0, 0.1) is 0 Å². The van der Waals surface area contributed by atoms with E-state index in [4.69, 9.17) is 16.0 Å². The van der Waals surface area contributed by atoms with Gasteiger partial charge in [-0.3, -0.25) is 0 Å². The van der Waals surface area contributed by atoms with Crippen molar-refractivity contribution in [2.45, 2.75) is 0 Å². The average molecular weight is 181 g/mol. The first-order valence-electron chi connectivity index (χ1n) is 3.46. The quantitative estimate of drug-likeness (QED) is 0.624. The fourth-order valence-corrected chi connectivity index (χ4v) is 1.29. The zero-order valence-electron chi connectivity index (χ0n) is 6.08. The van der Waals surface area contributed by atoms with Crippen molar-refractivity contribution >= 4 is 22.4 Å². The van der Waals surface area contributed by atoms with Crippen molar-refractivity contribution < 1.29 is 4.42 Å². The van der Waals surface area contributed by atoms with Gasteiger partial charge in [-0.05, 0) is 23.1 Å². The summed E-state index contributed by atoms with van der Waals surface area (Å²) in [5.41, 5.74) is -0.391. The maximum atomic E-state index is 11.1. The van der Waals surface area contributed by atoms with Gasteiger partial charge < -0.3 is 4.42 Å². The molecule has 0 radical (unpaired) electrons. The van der Waals surface area contributed by atoms with Crippen LogP contribution in [0.25, 0.3) is 10.8 Å². The lowest BCUT2D eigenvalue weighted by molar-refractivity contribution is 0.521. The molecule has 0 aliphatic heterocycles. The van der Waals surface area contributed by atoms with E-state index in [1.807, 2.05) is 12.1 Å². The molecule has 1 heterocycles. The van der Waals surface area contributed by atoms with E-state index in [1.54, 1.807) is 18.2 Å². The molecule has 0 aliphatic rings. The molecule has 0 aliphatic carbocycles. The monoisotopic (exact) mass is 180 g/mol. The maximum Gasteiger partial charge on any atom is 0.344 e. The fourth-order valence-electron chi connectivity index (χ4n) is 1.10. The van der Waals surface area contributed by atoms with Crippen LogP contribution in [0.15, 0.2) is 39.5 Å². The molecule has 1 aromatic carbocycles. The molecule has 0 spiro atoms. The molecular formula is C9H5ClO2. The van der Waals surface area contributed by atoms with E-state index in [1.165, 1.54) is 0 Å². The predicted molar refractivity (Wildman–Crippen MR) is 47.5 cm³/mol. The summed E-state index contributed by atoms with van der Waals surface area (Å²) in [7, 11) is 0. The highest BCUT2D eigenvalue weighted by Crippen LogP contribution is 2.14. The largest absolute Gasteiger partial charge is 0.410 e. The van der Waals surface area contributed by atoms with Crippen LogP contribution in [-0.4, -0.2) is 0 Å². The van der Waals surface area contributed by atoms with Gasteiger partial charge in [0.15, 0.2) is 5.22 Å². The fraction of sp³-hybridized carbons (Fsp3) is 0. The summed E-state index contributed by atoms with van der Waals surface area (Å²) >= 11 is 5.56. The predicted octanol–water partition coefficient (Wildman–Crippen LogP) is 2.45. The molecule has 12 heavy (non-hydrogen) atoms. The summed E-state index contributed by atoms with van der Waals surface area (Å²) in [6.45, 7) is 0. The van der Waals surface area contributed by atoms with Gasteiger partial charge in [-0.1, -0.05) is 18.2 Å². The Kier molecular flexibility index (Phi) is 1.62. The van der Waals surface area contributed by atoms with Crippen LogP contribution in [0.2, 0.25) is 5.22 Å². The molecule has 3 heteroatoms. The average Bonchev–Trinajstić information content (AvgIpc) is 2.04. The molecule has 60 valence electrons. The number of benzene rings is 1. The molecule has 2 rings (SSSR count). The third-order valence-electron chi connectivity index (χ3n) is 1.64. The molecule has 0 N–H and O–H groups in total. The standard InChI is InChI=1S/C9H5ClO2/c10-8-5-6-3-1-2-4-7(6)9(11)12-8/h1-5H. The van der Waals surface area contributed by atoms with Crippen molar-refractivity contribution in [3.63, 3.8) is 0 Å². The Morgan fingerprint density at radius 2 is 2.00 bits per heavy atom. The highest BCUT2D eigenvalue weighted by molar-refractivity contribution is 6.29. The number of hydrogen-bond donors (Lipinski definition) is 0. The number of fused-ring (bicyclic) bond motifs is 1. The van der Waals surface area contributed by atoms with Crippen LogP contribution in [0.3, 0.4) is 0 Å². The maximum absolute atomic E-state index is 11.1. The van der Waals surface area contributed by atoms with Gasteiger partial charge in [0, 0.05) is 6.07 Å². The first-order chi connectivity index (χ1) is 5.77. The Hall–Kier alpha value is -1.28. The number of halogens is 1. The van der Waals surface area contributed by atoms with Gasteiger partial charge in [-0.15, -0.1) is 0 Å². The van der Waals surface area contributed by atoms with E-state index in [9.17, 15) is 4.79 Å². The number of hydrogen-bond acceptors (Lipinski definition) is 2. The van der Waals surface area contributed by atoms with Gasteiger partial charge in [0.05, 0.1) is 5.39 Å². The van der Waals surface area contributed by atoms with Gasteiger partial charge in [-0.25, -0.2) is 4.79 Å². The van der Waals surface area contributed by atoms with E-state index < -0.39 is 5.63 Å². The normalized spacial score (nSPS) is 10.4. The molecule has 0 fully saturated rings. The number of rotatable bonds is 0. The van der Waals surface area contributed by atoms with Gasteiger partial charge in [-0.2, -0.15) is 0 Å². The first kappa shape index (κ1) is 7.37. The summed E-state index contributed by atoms with van der Waals surface area (Å²) in [5, 5.41) is 1.49. The zero-order chi connectivity index (χ0) is 8.55. The minimum atomic E-state index is -0.391. The van der Waals surface area contributed by atoms with Crippen LogP contribution in [0.1, 0.15) is 0 Å². The van der Waals surface area contributed by atoms with E-state index >= 15 is 0 Å². The van der Waals surface area contributed by atoms with Crippen LogP contribution < -0.4 is 5.63 Å². The van der Waals surface area contributed by atoms with Gasteiger partial charge >= 0.3 is 5.63 Å². The van der Waals surface area contributed by atoms with Crippen molar-refractivity contribution in [2.75, 3.05) is 0 Å². The summed E-state index contributed by atoms with van der Waals surface area (Å²) in [6, 6.07) is 8.78. The second-order valence-electron chi connectivity index (χ2n) is 2.43. The van der Waals surface area contributed by atoms with E-state index in [0.717, 1.165) is 5.39 Å². The molecule has 1 aromatic heterocycles. The highest BCUT2D eigenvalue weighted by atomic mass is 35.5. The van der Waals surface area contributed by atoms with Crippen molar-refractivity contribution in [3.8, 4) is 0 Å². The Morgan fingerprint density at radius 3 is 2.83 bits per heavy atom. The van der Waals surface area contributed by atoms with Crippen molar-refractivity contribution in [1.82, 2.24) is 0 Å². The topological polar surface area (TPSA) is 30.2 Å². The van der Waals surface area contributed by atoms with Crippen LogP contribution in [0.4, 0.5) is 0 Å². The second-order valence-corrected chi connectivity index (χ2v) is 2.80. The van der Waals surface area contributed by atoms with Crippen LogP contribution in [0.5, 0.6) is 0 Å². The smallest absolute Gasteiger partial charge is 0.344 e. The molecule has 2 aromatic rings.